The van der Waals surface area contributed by atoms with Crippen LogP contribution in [0, 0.1) is 0 Å². The second-order valence-corrected chi connectivity index (χ2v) is 3.88. The highest BCUT2D eigenvalue weighted by atomic mass is 16.5. The number of benzene rings is 1. The van der Waals surface area contributed by atoms with Crippen LogP contribution in [0.25, 0.3) is 11.1 Å². The maximum atomic E-state index is 5.66. The van der Waals surface area contributed by atoms with Gasteiger partial charge in [0, 0.05) is 14.2 Å². The summed E-state index contributed by atoms with van der Waals surface area (Å²) in [4.78, 5) is 6.40. The Bertz CT molecular complexity index is 434. The van der Waals surface area contributed by atoms with E-state index in [0.717, 1.165) is 11.1 Å². The van der Waals surface area contributed by atoms with Crippen molar-refractivity contribution in [2.45, 2.75) is 13.0 Å². The molecule has 0 aliphatic rings. The number of likely N-dealkylation sites (N-methyl/N-ethyl adjacent to an activating group) is 1. The molecule has 1 atom stereocenters. The molecule has 86 valence electrons. The number of aromatic nitrogens is 1. The topological polar surface area (TPSA) is 38.5 Å². The van der Waals surface area contributed by atoms with E-state index in [4.69, 9.17) is 9.15 Å². The fourth-order valence-corrected chi connectivity index (χ4v) is 1.55. The van der Waals surface area contributed by atoms with Crippen LogP contribution in [0.2, 0.25) is 0 Å². The van der Waals surface area contributed by atoms with Gasteiger partial charge < -0.3 is 14.1 Å². The summed E-state index contributed by atoms with van der Waals surface area (Å²) in [6, 6.07) is 8.62. The van der Waals surface area contributed by atoms with Gasteiger partial charge in [-0.1, -0.05) is 12.1 Å². The zero-order valence-corrected chi connectivity index (χ0v) is 9.80. The number of para-hydroxylation sites is 2. The number of fused-ring (bicyclic) bond motifs is 1. The Balaban J connectivity index is 2.26. The van der Waals surface area contributed by atoms with Crippen molar-refractivity contribution in [1.29, 1.82) is 0 Å². The number of rotatable bonds is 4. The van der Waals surface area contributed by atoms with Crippen LogP contribution < -0.4 is 4.90 Å². The molecule has 1 heterocycles. The van der Waals surface area contributed by atoms with Gasteiger partial charge in [0.15, 0.2) is 5.58 Å². The molecule has 0 saturated carbocycles. The highest BCUT2D eigenvalue weighted by molar-refractivity contribution is 5.74. The molecular formula is C12H16N2O2. The first-order valence-electron chi connectivity index (χ1n) is 5.29. The second kappa shape index (κ2) is 4.53. The molecule has 2 rings (SSSR count). The molecule has 0 N–H and O–H groups in total. The minimum absolute atomic E-state index is 0.234. The van der Waals surface area contributed by atoms with Crippen molar-refractivity contribution in [3.8, 4) is 0 Å². The minimum Gasteiger partial charge on any atom is -0.423 e. The molecule has 1 aromatic carbocycles. The van der Waals surface area contributed by atoms with Crippen LogP contribution in [-0.4, -0.2) is 31.8 Å². The normalized spacial score (nSPS) is 12.9. The lowest BCUT2D eigenvalue weighted by atomic mass is 10.3. The Kier molecular flexibility index (Phi) is 3.10. The first kappa shape index (κ1) is 11.0. The predicted octanol–water partition coefficient (Wildman–Crippen LogP) is 2.30. The van der Waals surface area contributed by atoms with Crippen molar-refractivity contribution in [2.75, 3.05) is 25.7 Å². The van der Waals surface area contributed by atoms with Gasteiger partial charge in [-0.25, -0.2) is 0 Å². The summed E-state index contributed by atoms with van der Waals surface area (Å²) in [6.07, 6.45) is 0. The van der Waals surface area contributed by atoms with E-state index in [2.05, 4.69) is 11.9 Å². The summed E-state index contributed by atoms with van der Waals surface area (Å²) in [6.45, 7) is 2.72. The van der Waals surface area contributed by atoms with E-state index in [1.165, 1.54) is 0 Å². The third kappa shape index (κ3) is 2.02. The molecule has 16 heavy (non-hydrogen) atoms. The number of ether oxygens (including phenoxy) is 1. The van der Waals surface area contributed by atoms with E-state index >= 15 is 0 Å². The van der Waals surface area contributed by atoms with Gasteiger partial charge in [-0.05, 0) is 19.1 Å². The van der Waals surface area contributed by atoms with Crippen molar-refractivity contribution in [3.63, 3.8) is 0 Å². The average molecular weight is 220 g/mol. The SMILES string of the molecule is COC[C@H](C)N(C)c1nc2ccccc2o1. The van der Waals surface area contributed by atoms with Crippen LogP contribution in [0.1, 0.15) is 6.92 Å². The third-order valence-electron chi connectivity index (χ3n) is 2.65. The summed E-state index contributed by atoms with van der Waals surface area (Å²) in [7, 11) is 3.64. The first-order valence-corrected chi connectivity index (χ1v) is 5.29. The zero-order valence-electron chi connectivity index (χ0n) is 9.80. The van der Waals surface area contributed by atoms with Gasteiger partial charge in [0.2, 0.25) is 0 Å². The molecule has 0 bridgehead atoms. The fourth-order valence-electron chi connectivity index (χ4n) is 1.55. The summed E-state index contributed by atoms with van der Waals surface area (Å²) in [5.41, 5.74) is 1.70. The maximum absolute atomic E-state index is 5.66. The summed E-state index contributed by atoms with van der Waals surface area (Å²) in [5, 5.41) is 0. The molecule has 4 heteroatoms. The zero-order chi connectivity index (χ0) is 11.5. The van der Waals surface area contributed by atoms with E-state index in [9.17, 15) is 0 Å². The van der Waals surface area contributed by atoms with E-state index in [1.54, 1.807) is 7.11 Å². The van der Waals surface area contributed by atoms with Crippen LogP contribution in [-0.2, 0) is 4.74 Å². The Morgan fingerprint density at radius 1 is 1.44 bits per heavy atom. The van der Waals surface area contributed by atoms with Gasteiger partial charge in [0.1, 0.15) is 5.52 Å². The predicted molar refractivity (Wildman–Crippen MR) is 63.8 cm³/mol. The van der Waals surface area contributed by atoms with Crippen molar-refractivity contribution >= 4 is 17.1 Å². The van der Waals surface area contributed by atoms with Crippen molar-refractivity contribution in [1.82, 2.24) is 4.98 Å². The number of hydrogen-bond donors (Lipinski definition) is 0. The Morgan fingerprint density at radius 2 is 2.19 bits per heavy atom. The van der Waals surface area contributed by atoms with Crippen molar-refractivity contribution in [2.24, 2.45) is 0 Å². The lowest BCUT2D eigenvalue weighted by Gasteiger charge is -2.21. The maximum Gasteiger partial charge on any atom is 0.298 e. The van der Waals surface area contributed by atoms with Crippen LogP contribution >= 0.6 is 0 Å². The summed E-state index contributed by atoms with van der Waals surface area (Å²) in [5.74, 6) is 0. The van der Waals surface area contributed by atoms with Crippen molar-refractivity contribution < 1.29 is 9.15 Å². The smallest absolute Gasteiger partial charge is 0.298 e. The van der Waals surface area contributed by atoms with Gasteiger partial charge in [0.05, 0.1) is 12.6 Å². The Morgan fingerprint density at radius 3 is 2.88 bits per heavy atom. The second-order valence-electron chi connectivity index (χ2n) is 3.88. The molecule has 4 nitrogen and oxygen atoms in total. The van der Waals surface area contributed by atoms with Crippen LogP contribution in [0.4, 0.5) is 6.01 Å². The number of methoxy groups -OCH3 is 1. The quantitative estimate of drug-likeness (QED) is 0.792. The molecule has 0 unspecified atom stereocenters. The third-order valence-corrected chi connectivity index (χ3v) is 2.65. The van der Waals surface area contributed by atoms with E-state index in [1.807, 2.05) is 36.2 Å². The molecule has 2 aromatic rings. The number of oxazole rings is 1. The average Bonchev–Trinajstić information content (AvgIpc) is 2.71. The van der Waals surface area contributed by atoms with E-state index < -0.39 is 0 Å². The highest BCUT2D eigenvalue weighted by Crippen LogP contribution is 2.21. The molecule has 0 spiro atoms. The monoisotopic (exact) mass is 220 g/mol. The molecule has 0 amide bonds. The van der Waals surface area contributed by atoms with Gasteiger partial charge in [-0.2, -0.15) is 4.98 Å². The van der Waals surface area contributed by atoms with Gasteiger partial charge in [-0.15, -0.1) is 0 Å². The molecule has 0 saturated heterocycles. The van der Waals surface area contributed by atoms with Gasteiger partial charge in [0.25, 0.3) is 6.01 Å². The molecule has 0 fully saturated rings. The number of anilines is 1. The fraction of sp³-hybridized carbons (Fsp3) is 0.417. The van der Waals surface area contributed by atoms with Crippen molar-refractivity contribution in [3.05, 3.63) is 24.3 Å². The Labute approximate surface area is 94.8 Å². The molecular weight excluding hydrogens is 204 g/mol. The molecule has 0 radical (unpaired) electrons. The number of nitrogens with zero attached hydrogens (tertiary/aromatic N) is 2. The summed E-state index contributed by atoms with van der Waals surface area (Å²) >= 11 is 0. The largest absolute Gasteiger partial charge is 0.423 e. The van der Waals surface area contributed by atoms with Crippen LogP contribution in [0.5, 0.6) is 0 Å². The lowest BCUT2D eigenvalue weighted by Crippen LogP contribution is -2.32. The molecule has 0 aliphatic carbocycles. The molecule has 0 aliphatic heterocycles. The van der Waals surface area contributed by atoms with E-state index in [0.29, 0.717) is 12.6 Å². The molecule has 1 aromatic heterocycles. The van der Waals surface area contributed by atoms with E-state index in [-0.39, 0.29) is 6.04 Å². The first-order chi connectivity index (χ1) is 7.72. The minimum atomic E-state index is 0.234. The van der Waals surface area contributed by atoms with Gasteiger partial charge in [-0.3, -0.25) is 0 Å². The van der Waals surface area contributed by atoms with Crippen LogP contribution in [0.3, 0.4) is 0 Å². The number of hydrogen-bond acceptors (Lipinski definition) is 4. The standard InChI is InChI=1S/C12H16N2O2/c1-9(8-15-3)14(2)12-13-10-6-4-5-7-11(10)16-12/h4-7,9H,8H2,1-3H3/t9-/m0/s1. The van der Waals surface area contributed by atoms with Crippen LogP contribution in [0.15, 0.2) is 28.7 Å². The Hall–Kier alpha value is -1.55. The highest BCUT2D eigenvalue weighted by Gasteiger charge is 2.15. The lowest BCUT2D eigenvalue weighted by molar-refractivity contribution is 0.182. The summed E-state index contributed by atoms with van der Waals surface area (Å²) < 4.78 is 10.8. The van der Waals surface area contributed by atoms with Gasteiger partial charge >= 0.3 is 0 Å².